The second-order valence-electron chi connectivity index (χ2n) is 5.09. The van der Waals surface area contributed by atoms with Crippen molar-refractivity contribution in [3.8, 4) is 0 Å². The Kier molecular flexibility index (Phi) is 5.19. The number of likely N-dealkylation sites (tertiary alicyclic amines) is 1. The Hall–Kier alpha value is -2.05. The number of nitrogens with one attached hydrogen (secondary N) is 2. The molecule has 1 unspecified atom stereocenters. The molecule has 2 amide bonds. The molecule has 2 heterocycles. The van der Waals surface area contributed by atoms with Gasteiger partial charge in [0, 0.05) is 24.8 Å². The van der Waals surface area contributed by atoms with E-state index in [9.17, 15) is 9.59 Å². The molecule has 0 radical (unpaired) electrons. The van der Waals surface area contributed by atoms with Crippen LogP contribution in [-0.2, 0) is 11.2 Å². The maximum absolute atomic E-state index is 12.4. The van der Waals surface area contributed by atoms with Crippen LogP contribution in [0, 0.1) is 0 Å². The first-order valence-corrected chi connectivity index (χ1v) is 7.40. The second kappa shape index (κ2) is 7.10. The number of aromatic nitrogens is 2. The lowest BCUT2D eigenvalue weighted by Gasteiger charge is -2.32. The van der Waals surface area contributed by atoms with Crippen LogP contribution < -0.4 is 5.32 Å². The van der Waals surface area contributed by atoms with Gasteiger partial charge in [-0.3, -0.25) is 9.89 Å². The fraction of sp³-hybridized carbons (Fsp3) is 0.643. The number of rotatable bonds is 4. The smallest absolute Gasteiger partial charge is 0.407 e. The molecule has 21 heavy (non-hydrogen) atoms. The van der Waals surface area contributed by atoms with E-state index in [4.69, 9.17) is 4.74 Å². The Morgan fingerprint density at radius 2 is 2.33 bits per heavy atom. The molecule has 0 aliphatic carbocycles. The van der Waals surface area contributed by atoms with E-state index in [1.54, 1.807) is 17.9 Å². The number of hydrogen-bond acceptors (Lipinski definition) is 4. The van der Waals surface area contributed by atoms with Crippen molar-refractivity contribution in [3.63, 3.8) is 0 Å². The predicted octanol–water partition coefficient (Wildman–Crippen LogP) is 1.32. The van der Waals surface area contributed by atoms with Gasteiger partial charge in [0.15, 0.2) is 0 Å². The van der Waals surface area contributed by atoms with Gasteiger partial charge in [-0.15, -0.1) is 0 Å². The highest BCUT2D eigenvalue weighted by Gasteiger charge is 2.26. The summed E-state index contributed by atoms with van der Waals surface area (Å²) in [6, 6.07) is 1.72. The number of piperidine rings is 1. The van der Waals surface area contributed by atoms with E-state index in [-0.39, 0.29) is 11.9 Å². The molecule has 7 nitrogen and oxygen atoms in total. The number of alkyl carbamates (subject to hydrolysis) is 1. The van der Waals surface area contributed by atoms with Crippen molar-refractivity contribution >= 4 is 12.0 Å². The Labute approximate surface area is 124 Å². The Morgan fingerprint density at radius 1 is 1.52 bits per heavy atom. The molecule has 7 heteroatoms. The molecular formula is C14H22N4O3. The van der Waals surface area contributed by atoms with Crippen molar-refractivity contribution in [2.75, 3.05) is 19.7 Å². The third kappa shape index (κ3) is 3.96. The first-order valence-electron chi connectivity index (χ1n) is 7.40. The predicted molar refractivity (Wildman–Crippen MR) is 77.0 cm³/mol. The largest absolute Gasteiger partial charge is 0.450 e. The van der Waals surface area contributed by atoms with E-state index >= 15 is 0 Å². The fourth-order valence-electron chi connectivity index (χ4n) is 2.43. The van der Waals surface area contributed by atoms with Crippen LogP contribution in [0.5, 0.6) is 0 Å². The summed E-state index contributed by atoms with van der Waals surface area (Å²) < 4.78 is 4.87. The average molecular weight is 294 g/mol. The van der Waals surface area contributed by atoms with Crippen LogP contribution in [0.25, 0.3) is 0 Å². The van der Waals surface area contributed by atoms with Crippen molar-refractivity contribution in [2.45, 2.75) is 39.2 Å². The van der Waals surface area contributed by atoms with E-state index in [2.05, 4.69) is 15.5 Å². The SMILES string of the molecule is CCOC(=O)NC1CCCN(C(=O)c2cc(CC)[nH]n2)C1. The molecule has 1 fully saturated rings. The minimum atomic E-state index is -0.426. The molecule has 1 aromatic rings. The van der Waals surface area contributed by atoms with Crippen molar-refractivity contribution in [3.05, 3.63) is 17.5 Å². The number of nitrogens with zero attached hydrogens (tertiary/aromatic N) is 2. The molecule has 1 aliphatic rings. The van der Waals surface area contributed by atoms with Crippen LogP contribution >= 0.6 is 0 Å². The van der Waals surface area contributed by atoms with Gasteiger partial charge in [-0.05, 0) is 32.3 Å². The molecule has 0 bridgehead atoms. The molecule has 1 aromatic heterocycles. The molecule has 1 atom stereocenters. The molecule has 1 aliphatic heterocycles. The fourth-order valence-corrected chi connectivity index (χ4v) is 2.43. The minimum Gasteiger partial charge on any atom is -0.450 e. The number of aryl methyl sites for hydroxylation is 1. The molecule has 0 aromatic carbocycles. The summed E-state index contributed by atoms with van der Waals surface area (Å²) in [5.74, 6) is -0.0960. The number of amides is 2. The summed E-state index contributed by atoms with van der Waals surface area (Å²) in [7, 11) is 0. The number of aromatic amines is 1. The zero-order valence-corrected chi connectivity index (χ0v) is 12.5. The topological polar surface area (TPSA) is 87.3 Å². The second-order valence-corrected chi connectivity index (χ2v) is 5.09. The van der Waals surface area contributed by atoms with Crippen LogP contribution in [0.4, 0.5) is 4.79 Å². The highest BCUT2D eigenvalue weighted by molar-refractivity contribution is 5.92. The average Bonchev–Trinajstić information content (AvgIpc) is 2.96. The van der Waals surface area contributed by atoms with Gasteiger partial charge in [0.05, 0.1) is 6.61 Å². The molecule has 2 N–H and O–H groups in total. The summed E-state index contributed by atoms with van der Waals surface area (Å²) in [5.41, 5.74) is 1.38. The summed E-state index contributed by atoms with van der Waals surface area (Å²) in [5, 5.41) is 9.69. The lowest BCUT2D eigenvalue weighted by atomic mass is 10.1. The van der Waals surface area contributed by atoms with Crippen LogP contribution in [0.1, 0.15) is 42.9 Å². The van der Waals surface area contributed by atoms with Crippen molar-refractivity contribution < 1.29 is 14.3 Å². The third-order valence-electron chi connectivity index (χ3n) is 3.54. The van der Waals surface area contributed by atoms with Gasteiger partial charge < -0.3 is 15.0 Å². The van der Waals surface area contributed by atoms with Gasteiger partial charge in [0.2, 0.25) is 0 Å². The van der Waals surface area contributed by atoms with Crippen LogP contribution in [0.3, 0.4) is 0 Å². The molecular weight excluding hydrogens is 272 g/mol. The van der Waals surface area contributed by atoms with Gasteiger partial charge in [0.25, 0.3) is 5.91 Å². The number of carbonyl (C=O) groups excluding carboxylic acids is 2. The lowest BCUT2D eigenvalue weighted by molar-refractivity contribution is 0.0680. The van der Waals surface area contributed by atoms with Gasteiger partial charge >= 0.3 is 6.09 Å². The van der Waals surface area contributed by atoms with Crippen LogP contribution in [0.15, 0.2) is 6.07 Å². The highest BCUT2D eigenvalue weighted by atomic mass is 16.5. The van der Waals surface area contributed by atoms with Crippen molar-refractivity contribution in [1.82, 2.24) is 20.4 Å². The van der Waals surface area contributed by atoms with Gasteiger partial charge in [0.1, 0.15) is 5.69 Å². The zero-order valence-electron chi connectivity index (χ0n) is 12.5. The number of H-pyrrole nitrogens is 1. The van der Waals surface area contributed by atoms with E-state index in [1.807, 2.05) is 6.92 Å². The van der Waals surface area contributed by atoms with Gasteiger partial charge in [-0.1, -0.05) is 6.92 Å². The van der Waals surface area contributed by atoms with E-state index in [0.717, 1.165) is 25.0 Å². The van der Waals surface area contributed by atoms with Crippen LogP contribution in [0.2, 0.25) is 0 Å². The van der Waals surface area contributed by atoms with Crippen molar-refractivity contribution in [1.29, 1.82) is 0 Å². The lowest BCUT2D eigenvalue weighted by Crippen LogP contribution is -2.49. The minimum absolute atomic E-state index is 0.0636. The number of hydrogen-bond donors (Lipinski definition) is 2. The van der Waals surface area contributed by atoms with Gasteiger partial charge in [-0.2, -0.15) is 5.10 Å². The summed E-state index contributed by atoms with van der Waals surface area (Å²) in [6.07, 6.45) is 2.09. The number of ether oxygens (including phenoxy) is 1. The van der Waals surface area contributed by atoms with E-state index in [0.29, 0.717) is 25.4 Å². The Morgan fingerprint density at radius 3 is 3.00 bits per heavy atom. The van der Waals surface area contributed by atoms with E-state index < -0.39 is 6.09 Å². The molecule has 0 saturated carbocycles. The summed E-state index contributed by atoms with van der Waals surface area (Å²) >= 11 is 0. The molecule has 0 spiro atoms. The third-order valence-corrected chi connectivity index (χ3v) is 3.54. The summed E-state index contributed by atoms with van der Waals surface area (Å²) in [6.45, 7) is 5.29. The van der Waals surface area contributed by atoms with Crippen LogP contribution in [-0.4, -0.2) is 52.8 Å². The number of carbonyl (C=O) groups is 2. The first kappa shape index (κ1) is 15.3. The molecule has 1 saturated heterocycles. The Balaban J connectivity index is 1.93. The quantitative estimate of drug-likeness (QED) is 0.877. The highest BCUT2D eigenvalue weighted by Crippen LogP contribution is 2.14. The maximum atomic E-state index is 12.4. The standard InChI is InChI=1S/C14H22N4O3/c1-3-10-8-12(17-16-10)13(19)18-7-5-6-11(9-18)15-14(20)21-4-2/h8,11H,3-7,9H2,1-2H3,(H,15,20)(H,16,17). The monoisotopic (exact) mass is 294 g/mol. The van der Waals surface area contributed by atoms with Crippen molar-refractivity contribution in [2.24, 2.45) is 0 Å². The maximum Gasteiger partial charge on any atom is 0.407 e. The van der Waals surface area contributed by atoms with Gasteiger partial charge in [-0.25, -0.2) is 4.79 Å². The summed E-state index contributed by atoms with van der Waals surface area (Å²) in [4.78, 5) is 25.6. The normalized spacial score (nSPS) is 18.4. The first-order chi connectivity index (χ1) is 10.1. The van der Waals surface area contributed by atoms with E-state index in [1.165, 1.54) is 0 Å². The zero-order chi connectivity index (χ0) is 15.2. The molecule has 116 valence electrons. The molecule has 2 rings (SSSR count). The Bertz CT molecular complexity index is 500.